The normalized spacial score (nSPS) is 20.7. The van der Waals surface area contributed by atoms with Crippen LogP contribution in [0.3, 0.4) is 0 Å². The molecule has 2 rings (SSSR count). The number of hydrogen-bond donors (Lipinski definition) is 0. The van der Waals surface area contributed by atoms with Crippen LogP contribution in [0.2, 0.25) is 5.02 Å². The Balaban J connectivity index is 2.28. The van der Waals surface area contributed by atoms with Gasteiger partial charge in [-0.25, -0.2) is 8.78 Å². The molecule has 20 heavy (non-hydrogen) atoms. The van der Waals surface area contributed by atoms with Crippen molar-refractivity contribution in [1.82, 2.24) is 0 Å². The third kappa shape index (κ3) is 3.16. The molecule has 0 aromatic heterocycles. The highest BCUT2D eigenvalue weighted by atomic mass is 35.5. The predicted molar refractivity (Wildman–Crippen MR) is 76.9 cm³/mol. The molecule has 1 aromatic carbocycles. The van der Waals surface area contributed by atoms with E-state index >= 15 is 0 Å². The number of rotatable bonds is 3. The Morgan fingerprint density at radius 2 is 1.65 bits per heavy atom. The van der Waals surface area contributed by atoms with Gasteiger partial charge < -0.3 is 9.31 Å². The molecule has 0 amide bonds. The molecule has 0 bridgehead atoms. The molecule has 1 aliphatic rings. The summed E-state index contributed by atoms with van der Waals surface area (Å²) in [6.45, 7) is 7.77. The SMILES string of the molecule is CC1(C)OB(c2cc(Cl)cc(CC(F)F)c2)OC1(C)C. The Kier molecular flexibility index (Phi) is 4.16. The molecule has 0 N–H and O–H groups in total. The van der Waals surface area contributed by atoms with Crippen LogP contribution in [0.4, 0.5) is 8.78 Å². The molecule has 1 aromatic rings. The highest BCUT2D eigenvalue weighted by Gasteiger charge is 2.51. The van der Waals surface area contributed by atoms with Crippen molar-refractivity contribution in [2.75, 3.05) is 0 Å². The summed E-state index contributed by atoms with van der Waals surface area (Å²) in [4.78, 5) is 0. The van der Waals surface area contributed by atoms with E-state index in [1.165, 1.54) is 0 Å². The Hall–Kier alpha value is -0.645. The average molecular weight is 303 g/mol. The van der Waals surface area contributed by atoms with E-state index in [0.717, 1.165) is 0 Å². The lowest BCUT2D eigenvalue weighted by Gasteiger charge is -2.32. The van der Waals surface area contributed by atoms with E-state index in [9.17, 15) is 8.78 Å². The lowest BCUT2D eigenvalue weighted by Crippen LogP contribution is -2.41. The van der Waals surface area contributed by atoms with Crippen molar-refractivity contribution in [3.8, 4) is 0 Å². The van der Waals surface area contributed by atoms with Gasteiger partial charge in [-0.15, -0.1) is 0 Å². The summed E-state index contributed by atoms with van der Waals surface area (Å²) in [6.07, 6.45) is -2.73. The third-order valence-electron chi connectivity index (χ3n) is 3.90. The van der Waals surface area contributed by atoms with Crippen molar-refractivity contribution >= 4 is 24.2 Å². The molecule has 6 heteroatoms. The molecule has 0 unspecified atom stereocenters. The molecule has 0 spiro atoms. The van der Waals surface area contributed by atoms with E-state index in [-0.39, 0.29) is 6.42 Å². The third-order valence-corrected chi connectivity index (χ3v) is 4.11. The molecule has 0 radical (unpaired) electrons. The average Bonchev–Trinajstić information content (AvgIpc) is 2.46. The van der Waals surface area contributed by atoms with Gasteiger partial charge >= 0.3 is 7.12 Å². The van der Waals surface area contributed by atoms with Crippen molar-refractivity contribution in [3.05, 3.63) is 28.8 Å². The largest absolute Gasteiger partial charge is 0.494 e. The van der Waals surface area contributed by atoms with Gasteiger partial charge in [-0.3, -0.25) is 0 Å². The molecule has 1 fully saturated rings. The van der Waals surface area contributed by atoms with Gasteiger partial charge in [0.2, 0.25) is 6.43 Å². The zero-order valence-corrected chi connectivity index (χ0v) is 12.8. The Morgan fingerprint density at radius 1 is 1.10 bits per heavy atom. The minimum absolute atomic E-state index is 0.326. The maximum atomic E-state index is 12.5. The number of benzene rings is 1. The van der Waals surface area contributed by atoms with Gasteiger partial charge in [0.05, 0.1) is 11.2 Å². The van der Waals surface area contributed by atoms with Gasteiger partial charge in [0, 0.05) is 11.4 Å². The molecule has 2 nitrogen and oxygen atoms in total. The zero-order valence-electron chi connectivity index (χ0n) is 12.0. The van der Waals surface area contributed by atoms with E-state index in [4.69, 9.17) is 20.9 Å². The van der Waals surface area contributed by atoms with Crippen LogP contribution in [0.1, 0.15) is 33.3 Å². The van der Waals surface area contributed by atoms with E-state index in [2.05, 4.69) is 0 Å². The second kappa shape index (κ2) is 5.28. The molecule has 110 valence electrons. The topological polar surface area (TPSA) is 18.5 Å². The van der Waals surface area contributed by atoms with Crippen LogP contribution in [0.5, 0.6) is 0 Å². The van der Waals surface area contributed by atoms with Crippen LogP contribution in [0.25, 0.3) is 0 Å². The standard InChI is InChI=1S/C14H18BClF2O2/c1-13(2)14(3,4)20-15(19-13)10-5-9(7-12(17)18)6-11(16)8-10/h5-6,8,12H,7H2,1-4H3. The smallest absolute Gasteiger partial charge is 0.399 e. The maximum Gasteiger partial charge on any atom is 0.494 e. The Labute approximate surface area is 123 Å². The van der Waals surface area contributed by atoms with Crippen LogP contribution in [-0.2, 0) is 15.7 Å². The van der Waals surface area contributed by atoms with Crippen molar-refractivity contribution in [2.24, 2.45) is 0 Å². The molecule has 1 aliphatic heterocycles. The van der Waals surface area contributed by atoms with E-state index in [1.807, 2.05) is 27.7 Å². The quantitative estimate of drug-likeness (QED) is 0.796. The van der Waals surface area contributed by atoms with Crippen LogP contribution < -0.4 is 5.46 Å². The first-order valence-electron chi connectivity index (χ1n) is 6.54. The summed E-state index contributed by atoms with van der Waals surface area (Å²) >= 11 is 6.00. The summed E-state index contributed by atoms with van der Waals surface area (Å²) in [6, 6.07) is 4.90. The predicted octanol–water partition coefficient (Wildman–Crippen LogP) is 3.45. The molecule has 0 atom stereocenters. The van der Waals surface area contributed by atoms with Crippen molar-refractivity contribution in [1.29, 1.82) is 0 Å². The minimum Gasteiger partial charge on any atom is -0.399 e. The molecular weight excluding hydrogens is 284 g/mol. The number of halogens is 3. The van der Waals surface area contributed by atoms with Gasteiger partial charge in [-0.1, -0.05) is 17.7 Å². The summed E-state index contributed by atoms with van der Waals surface area (Å²) in [5, 5.41) is 0.410. The fourth-order valence-corrected chi connectivity index (χ4v) is 2.35. The molecule has 1 saturated heterocycles. The monoisotopic (exact) mass is 302 g/mol. The zero-order chi connectivity index (χ0) is 15.1. The summed E-state index contributed by atoms with van der Waals surface area (Å²) in [5.74, 6) is 0. The van der Waals surface area contributed by atoms with Crippen LogP contribution in [0, 0.1) is 0 Å². The lowest BCUT2D eigenvalue weighted by molar-refractivity contribution is 0.00578. The Bertz CT molecular complexity index is 490. The van der Waals surface area contributed by atoms with Gasteiger partial charge in [0.25, 0.3) is 0 Å². The van der Waals surface area contributed by atoms with Gasteiger partial charge in [-0.2, -0.15) is 0 Å². The first-order valence-corrected chi connectivity index (χ1v) is 6.92. The second-order valence-electron chi connectivity index (χ2n) is 6.08. The highest BCUT2D eigenvalue weighted by Crippen LogP contribution is 2.36. The molecule has 1 heterocycles. The second-order valence-corrected chi connectivity index (χ2v) is 6.51. The van der Waals surface area contributed by atoms with Gasteiger partial charge in [0.1, 0.15) is 0 Å². The van der Waals surface area contributed by atoms with Crippen molar-refractivity contribution < 1.29 is 18.1 Å². The maximum absolute atomic E-state index is 12.5. The van der Waals surface area contributed by atoms with E-state index < -0.39 is 24.7 Å². The minimum atomic E-state index is -2.40. The summed E-state index contributed by atoms with van der Waals surface area (Å²) in [5.41, 5.74) is 0.218. The molecule has 0 aliphatic carbocycles. The van der Waals surface area contributed by atoms with Crippen molar-refractivity contribution in [2.45, 2.75) is 51.7 Å². The van der Waals surface area contributed by atoms with Gasteiger partial charge in [0.15, 0.2) is 0 Å². The van der Waals surface area contributed by atoms with E-state index in [1.54, 1.807) is 18.2 Å². The summed E-state index contributed by atoms with van der Waals surface area (Å²) < 4.78 is 36.8. The highest BCUT2D eigenvalue weighted by molar-refractivity contribution is 6.62. The number of alkyl halides is 2. The Morgan fingerprint density at radius 3 is 2.15 bits per heavy atom. The molecular formula is C14H18BClF2O2. The van der Waals surface area contributed by atoms with E-state index in [0.29, 0.717) is 16.0 Å². The van der Waals surface area contributed by atoms with Crippen LogP contribution >= 0.6 is 11.6 Å². The molecule has 0 saturated carbocycles. The lowest BCUT2D eigenvalue weighted by atomic mass is 9.78. The number of hydrogen-bond acceptors (Lipinski definition) is 2. The summed E-state index contributed by atoms with van der Waals surface area (Å²) in [7, 11) is -0.588. The first-order chi connectivity index (χ1) is 9.10. The van der Waals surface area contributed by atoms with Crippen LogP contribution in [-0.4, -0.2) is 24.7 Å². The first kappa shape index (κ1) is 15.7. The fraction of sp³-hybridized carbons (Fsp3) is 0.571. The van der Waals surface area contributed by atoms with Crippen molar-refractivity contribution in [3.63, 3.8) is 0 Å². The van der Waals surface area contributed by atoms with Crippen LogP contribution in [0.15, 0.2) is 18.2 Å². The fourth-order valence-electron chi connectivity index (χ4n) is 2.09. The van der Waals surface area contributed by atoms with Gasteiger partial charge in [-0.05, 0) is 50.9 Å².